The van der Waals surface area contributed by atoms with Gasteiger partial charge in [-0.1, -0.05) is 41.4 Å². The molecular formula is C28H25Cl2F2N3O3. The summed E-state index contributed by atoms with van der Waals surface area (Å²) in [5.74, 6) is -2.44. The van der Waals surface area contributed by atoms with Crippen LogP contribution in [0.1, 0.15) is 15.9 Å². The van der Waals surface area contributed by atoms with Gasteiger partial charge in [-0.15, -0.1) is 0 Å². The van der Waals surface area contributed by atoms with E-state index in [9.17, 15) is 9.90 Å². The lowest BCUT2D eigenvalue weighted by Crippen LogP contribution is -2.61. The first kappa shape index (κ1) is 25.4. The molecule has 2 unspecified atom stereocenters. The van der Waals surface area contributed by atoms with Crippen LogP contribution in [0.15, 0.2) is 53.1 Å². The number of benzene rings is 2. The second-order valence-corrected chi connectivity index (χ2v) is 10.7. The van der Waals surface area contributed by atoms with Crippen LogP contribution in [0.25, 0.3) is 11.1 Å². The highest BCUT2D eigenvalue weighted by atomic mass is 35.5. The fourth-order valence-electron chi connectivity index (χ4n) is 6.00. The molecule has 0 saturated carbocycles. The van der Waals surface area contributed by atoms with E-state index in [1.807, 2.05) is 24.3 Å². The van der Waals surface area contributed by atoms with E-state index < -0.39 is 23.1 Å². The maximum atomic E-state index is 16.2. The molecule has 1 aliphatic carbocycles. The molecule has 3 N–H and O–H groups in total. The quantitative estimate of drug-likeness (QED) is 0.521. The fourth-order valence-corrected chi connectivity index (χ4v) is 6.54. The third-order valence-electron chi connectivity index (χ3n) is 7.69. The topological polar surface area (TPSA) is 73.8 Å². The van der Waals surface area contributed by atoms with Crippen LogP contribution >= 0.6 is 23.2 Å². The lowest BCUT2D eigenvalue weighted by Gasteiger charge is -2.45. The van der Waals surface area contributed by atoms with E-state index in [4.69, 9.17) is 27.9 Å². The molecule has 4 aliphatic rings. The Morgan fingerprint density at radius 2 is 2.08 bits per heavy atom. The molecule has 0 radical (unpaired) electrons. The van der Waals surface area contributed by atoms with Gasteiger partial charge in [-0.25, -0.2) is 8.78 Å². The minimum absolute atomic E-state index is 0.00970. The largest absolute Gasteiger partial charge is 0.488 e. The number of halogens is 4. The highest BCUT2D eigenvalue weighted by Crippen LogP contribution is 2.52. The van der Waals surface area contributed by atoms with Crippen molar-refractivity contribution in [3.8, 4) is 16.9 Å². The fraction of sp³-hybridized carbons (Fsp3) is 0.321. The number of aliphatic hydroxyl groups is 1. The number of fused-ring (bicyclic) bond motifs is 5. The van der Waals surface area contributed by atoms with Crippen LogP contribution in [0.2, 0.25) is 5.02 Å². The Kier molecular flexibility index (Phi) is 6.46. The Hall–Kier alpha value is -2.91. The van der Waals surface area contributed by atoms with Crippen molar-refractivity contribution in [1.29, 1.82) is 0 Å². The summed E-state index contributed by atoms with van der Waals surface area (Å²) in [5.41, 5.74) is 1.56. The zero-order valence-corrected chi connectivity index (χ0v) is 21.8. The molecule has 2 atom stereocenters. The van der Waals surface area contributed by atoms with Crippen molar-refractivity contribution >= 4 is 34.8 Å². The molecule has 198 valence electrons. The van der Waals surface area contributed by atoms with Crippen molar-refractivity contribution in [3.63, 3.8) is 0 Å². The second kappa shape index (κ2) is 9.68. The highest BCUT2D eigenvalue weighted by Gasteiger charge is 2.49. The normalized spacial score (nSPS) is 23.8. The van der Waals surface area contributed by atoms with E-state index in [2.05, 4.69) is 15.5 Å². The van der Waals surface area contributed by atoms with E-state index in [0.717, 1.165) is 5.57 Å². The number of allylic oxidation sites excluding steroid dienone is 2. The number of nitrogens with zero attached hydrogens (tertiary/aromatic N) is 1. The van der Waals surface area contributed by atoms with Gasteiger partial charge in [0.05, 0.1) is 22.7 Å². The minimum atomic E-state index is -0.840. The number of hydrogen-bond donors (Lipinski definition) is 3. The van der Waals surface area contributed by atoms with Crippen molar-refractivity contribution in [2.75, 3.05) is 44.3 Å². The molecule has 3 heterocycles. The molecule has 2 aromatic rings. The average molecular weight is 560 g/mol. The first-order chi connectivity index (χ1) is 18.3. The number of nitrogens with one attached hydrogen (secondary N) is 2. The summed E-state index contributed by atoms with van der Waals surface area (Å²) in [6.45, 7) is 1.57. The molecule has 0 aromatic heterocycles. The van der Waals surface area contributed by atoms with Crippen LogP contribution in [0, 0.1) is 17.6 Å². The van der Waals surface area contributed by atoms with Crippen molar-refractivity contribution in [1.82, 2.24) is 10.6 Å². The van der Waals surface area contributed by atoms with Gasteiger partial charge >= 0.3 is 0 Å². The van der Waals surface area contributed by atoms with Gasteiger partial charge in [0, 0.05) is 60.4 Å². The molecule has 6 rings (SSSR count). The number of carbonyl (C=O) groups is 1. The van der Waals surface area contributed by atoms with Crippen LogP contribution in [0.4, 0.5) is 14.5 Å². The van der Waals surface area contributed by atoms with Gasteiger partial charge in [0.1, 0.15) is 12.4 Å². The molecular weight excluding hydrogens is 535 g/mol. The van der Waals surface area contributed by atoms with Crippen LogP contribution in [-0.2, 0) is 6.42 Å². The average Bonchev–Trinajstić information content (AvgIpc) is 3.10. The zero-order valence-electron chi connectivity index (χ0n) is 20.3. The number of ether oxygens (including phenoxy) is 1. The third kappa shape index (κ3) is 3.93. The Labute approximate surface area is 228 Å². The number of rotatable bonds is 3. The number of amides is 1. The Bertz CT molecular complexity index is 1440. The van der Waals surface area contributed by atoms with Gasteiger partial charge in [-0.3, -0.25) is 4.79 Å². The van der Waals surface area contributed by atoms with Crippen LogP contribution in [-0.4, -0.2) is 55.9 Å². The third-order valence-corrected chi connectivity index (χ3v) is 8.29. The zero-order chi connectivity index (χ0) is 26.6. The monoisotopic (exact) mass is 559 g/mol. The molecule has 10 heteroatoms. The van der Waals surface area contributed by atoms with E-state index in [1.165, 1.54) is 18.2 Å². The maximum absolute atomic E-state index is 16.2. The number of anilines is 1. The van der Waals surface area contributed by atoms with Crippen LogP contribution in [0.3, 0.4) is 0 Å². The van der Waals surface area contributed by atoms with Crippen LogP contribution < -0.4 is 20.3 Å². The van der Waals surface area contributed by atoms with Gasteiger partial charge in [0.15, 0.2) is 11.6 Å². The molecule has 1 saturated heterocycles. The Balaban J connectivity index is 1.68. The standard InChI is InChI=1S/C28H25Cl2F2N3O3/c29-17-9-15-1-2-16(10-17)28-12-19-21(35(28)6-5-33-14-28)11-20(31)25(30)23(19)24-18(27(37)34-13-15)3-4-22(26(24)32)38-8-7-36/h1-4,9-11,15,33,36H,5-8,12-14H2,(H,34,37). The van der Waals surface area contributed by atoms with Gasteiger partial charge in [0.2, 0.25) is 0 Å². The molecule has 1 fully saturated rings. The van der Waals surface area contributed by atoms with Crippen LogP contribution in [0.5, 0.6) is 5.75 Å². The minimum Gasteiger partial charge on any atom is -0.488 e. The molecule has 4 bridgehead atoms. The van der Waals surface area contributed by atoms with Gasteiger partial charge in [0.25, 0.3) is 5.91 Å². The first-order valence-corrected chi connectivity index (χ1v) is 13.2. The number of aliphatic hydroxyl groups excluding tert-OH is 1. The van der Waals surface area contributed by atoms with Gasteiger partial charge < -0.3 is 25.4 Å². The second-order valence-electron chi connectivity index (χ2n) is 9.84. The van der Waals surface area contributed by atoms with Crippen molar-refractivity contribution < 1.29 is 23.4 Å². The Morgan fingerprint density at radius 3 is 2.89 bits per heavy atom. The SMILES string of the molecule is O=C1NCC2C=CC(=CC(Cl)=C2)C23CNCCN2c2cc(F)c(Cl)c(c2C3)-c2c1ccc(OCCO)c2F. The summed E-state index contributed by atoms with van der Waals surface area (Å²) in [4.78, 5) is 15.6. The van der Waals surface area contributed by atoms with Crippen molar-refractivity contribution in [2.24, 2.45) is 5.92 Å². The predicted molar refractivity (Wildman–Crippen MR) is 143 cm³/mol. The van der Waals surface area contributed by atoms with E-state index in [1.54, 1.807) is 0 Å². The van der Waals surface area contributed by atoms with E-state index in [-0.39, 0.29) is 53.1 Å². The summed E-state index contributed by atoms with van der Waals surface area (Å²) in [6, 6.07) is 4.17. The van der Waals surface area contributed by atoms with E-state index >= 15 is 8.78 Å². The molecule has 1 spiro atoms. The summed E-state index contributed by atoms with van der Waals surface area (Å²) in [6.07, 6.45) is 8.17. The van der Waals surface area contributed by atoms with Crippen molar-refractivity contribution in [2.45, 2.75) is 12.0 Å². The number of piperazine rings is 1. The lowest BCUT2D eigenvalue weighted by atomic mass is 9.82. The number of hydrogen-bond acceptors (Lipinski definition) is 5. The molecule has 2 aromatic carbocycles. The van der Waals surface area contributed by atoms with Gasteiger partial charge in [-0.05, 0) is 35.4 Å². The molecule has 1 amide bonds. The van der Waals surface area contributed by atoms with E-state index in [0.29, 0.717) is 42.3 Å². The Morgan fingerprint density at radius 1 is 1.24 bits per heavy atom. The molecule has 38 heavy (non-hydrogen) atoms. The lowest BCUT2D eigenvalue weighted by molar-refractivity contribution is 0.0951. The summed E-state index contributed by atoms with van der Waals surface area (Å²) in [5, 5.41) is 15.8. The molecule has 3 aliphatic heterocycles. The van der Waals surface area contributed by atoms with Crippen molar-refractivity contribution in [3.05, 3.63) is 80.9 Å². The molecule has 6 nitrogen and oxygen atoms in total. The smallest absolute Gasteiger partial charge is 0.252 e. The highest BCUT2D eigenvalue weighted by molar-refractivity contribution is 6.34. The number of carbonyl (C=O) groups excluding carboxylic acids is 1. The first-order valence-electron chi connectivity index (χ1n) is 12.5. The maximum Gasteiger partial charge on any atom is 0.252 e. The summed E-state index contributed by atoms with van der Waals surface area (Å²) in [7, 11) is 0. The van der Waals surface area contributed by atoms with Gasteiger partial charge in [-0.2, -0.15) is 0 Å². The summed E-state index contributed by atoms with van der Waals surface area (Å²) < 4.78 is 37.1. The summed E-state index contributed by atoms with van der Waals surface area (Å²) >= 11 is 13.2. The predicted octanol–water partition coefficient (Wildman–Crippen LogP) is 4.34.